The largest absolute Gasteiger partial charge is 0.268 e. The molecule has 8 heteroatoms. The Morgan fingerprint density at radius 2 is 1.95 bits per heavy atom. The van der Waals surface area contributed by atoms with Gasteiger partial charge in [-0.25, -0.2) is 23.5 Å². The number of sulfone groups is 1. The first-order chi connectivity index (χ1) is 10.4. The fraction of sp³-hybridized carbons (Fsp3) is 0.429. The second kappa shape index (κ2) is 5.60. The zero-order valence-corrected chi connectivity index (χ0v) is 13.0. The van der Waals surface area contributed by atoms with Gasteiger partial charge in [-0.05, 0) is 37.3 Å². The molecule has 7 nitrogen and oxygen atoms in total. The van der Waals surface area contributed by atoms with Gasteiger partial charge in [0, 0.05) is 24.4 Å². The quantitative estimate of drug-likeness (QED) is 0.822. The molecule has 2 aromatic rings. The molecule has 0 fully saturated rings. The van der Waals surface area contributed by atoms with Crippen molar-refractivity contribution in [1.29, 1.82) is 0 Å². The van der Waals surface area contributed by atoms with Gasteiger partial charge in [0.25, 0.3) is 5.56 Å². The van der Waals surface area contributed by atoms with Gasteiger partial charge < -0.3 is 0 Å². The molecule has 0 bridgehead atoms. The van der Waals surface area contributed by atoms with Crippen LogP contribution in [0.1, 0.15) is 35.4 Å². The number of rotatable bonds is 3. The lowest BCUT2D eigenvalue weighted by Gasteiger charge is -2.17. The predicted molar refractivity (Wildman–Crippen MR) is 79.4 cm³/mol. The summed E-state index contributed by atoms with van der Waals surface area (Å²) >= 11 is 0. The van der Waals surface area contributed by atoms with E-state index in [0.29, 0.717) is 12.1 Å². The second-order valence-corrected chi connectivity index (χ2v) is 7.35. The lowest BCUT2D eigenvalue weighted by molar-refractivity contribution is 0.591. The third-order valence-corrected chi connectivity index (χ3v) is 4.61. The summed E-state index contributed by atoms with van der Waals surface area (Å²) in [6, 6.07) is 1.66. The molecule has 1 aliphatic rings. The van der Waals surface area contributed by atoms with E-state index >= 15 is 0 Å². The van der Waals surface area contributed by atoms with Gasteiger partial charge in [-0.3, -0.25) is 4.79 Å². The van der Waals surface area contributed by atoms with Crippen molar-refractivity contribution in [1.82, 2.24) is 20.2 Å². The van der Waals surface area contributed by atoms with Crippen molar-refractivity contribution in [3.63, 3.8) is 0 Å². The van der Waals surface area contributed by atoms with E-state index in [9.17, 15) is 13.2 Å². The highest BCUT2D eigenvalue weighted by Crippen LogP contribution is 2.21. The van der Waals surface area contributed by atoms with Gasteiger partial charge in [-0.1, -0.05) is 0 Å². The Labute approximate surface area is 127 Å². The van der Waals surface area contributed by atoms with Crippen molar-refractivity contribution in [2.24, 2.45) is 0 Å². The van der Waals surface area contributed by atoms with Crippen molar-refractivity contribution in [3.05, 3.63) is 45.1 Å². The summed E-state index contributed by atoms with van der Waals surface area (Å²) in [7, 11) is -3.44. The minimum Gasteiger partial charge on any atom is -0.268 e. The molecular weight excluding hydrogens is 304 g/mol. The van der Waals surface area contributed by atoms with E-state index in [1.165, 1.54) is 6.20 Å². The molecule has 2 heterocycles. The van der Waals surface area contributed by atoms with E-state index in [1.54, 1.807) is 6.07 Å². The van der Waals surface area contributed by atoms with Crippen LogP contribution >= 0.6 is 0 Å². The zero-order chi connectivity index (χ0) is 15.7. The molecule has 0 atom stereocenters. The van der Waals surface area contributed by atoms with Crippen molar-refractivity contribution in [2.45, 2.75) is 37.3 Å². The zero-order valence-electron chi connectivity index (χ0n) is 12.2. The summed E-state index contributed by atoms with van der Waals surface area (Å²) in [5, 5.41) is 6.47. The maximum Gasteiger partial charge on any atom is 0.267 e. The molecule has 1 N–H and O–H groups in total. The van der Waals surface area contributed by atoms with Gasteiger partial charge in [-0.15, -0.1) is 0 Å². The standard InChI is InChI=1S/C14H16N4O3S/c1-22(20,21)14-15-7-6-9(16-14)8-12-10-4-2-3-5-11(10)13(19)18-17-12/h6-7H,2-5,8H2,1H3,(H,18,19). The maximum atomic E-state index is 11.8. The van der Waals surface area contributed by atoms with E-state index < -0.39 is 9.84 Å². The number of aromatic nitrogens is 4. The van der Waals surface area contributed by atoms with E-state index in [0.717, 1.165) is 48.8 Å². The first-order valence-electron chi connectivity index (χ1n) is 7.06. The summed E-state index contributed by atoms with van der Waals surface area (Å²) in [5.41, 5.74) is 2.98. The normalized spacial score (nSPS) is 14.6. The number of aromatic amines is 1. The Balaban J connectivity index is 1.99. The summed E-state index contributed by atoms with van der Waals surface area (Å²) in [6.45, 7) is 0. The van der Waals surface area contributed by atoms with E-state index in [-0.39, 0.29) is 10.7 Å². The Morgan fingerprint density at radius 3 is 2.68 bits per heavy atom. The smallest absolute Gasteiger partial charge is 0.267 e. The Bertz CT molecular complexity index is 874. The lowest BCUT2D eigenvalue weighted by atomic mass is 9.91. The molecule has 0 amide bonds. The van der Waals surface area contributed by atoms with E-state index in [2.05, 4.69) is 20.2 Å². The maximum absolute atomic E-state index is 11.8. The second-order valence-electron chi connectivity index (χ2n) is 5.44. The van der Waals surface area contributed by atoms with Crippen LogP contribution in [-0.4, -0.2) is 34.8 Å². The third-order valence-electron chi connectivity index (χ3n) is 3.75. The number of hydrogen-bond acceptors (Lipinski definition) is 6. The molecule has 0 radical (unpaired) electrons. The summed E-state index contributed by atoms with van der Waals surface area (Å²) in [5.74, 6) is 0. The molecule has 0 saturated heterocycles. The van der Waals surface area contributed by atoms with Gasteiger partial charge in [0.1, 0.15) is 0 Å². The van der Waals surface area contributed by atoms with Gasteiger partial charge in [-0.2, -0.15) is 5.10 Å². The number of fused-ring (bicyclic) bond motifs is 1. The lowest BCUT2D eigenvalue weighted by Crippen LogP contribution is -2.23. The molecular formula is C14H16N4O3S. The molecule has 0 aromatic carbocycles. The first kappa shape index (κ1) is 14.8. The molecule has 0 aliphatic heterocycles. The van der Waals surface area contributed by atoms with Crippen LogP contribution in [0.4, 0.5) is 0 Å². The highest BCUT2D eigenvalue weighted by atomic mass is 32.2. The van der Waals surface area contributed by atoms with Crippen LogP contribution < -0.4 is 5.56 Å². The molecule has 22 heavy (non-hydrogen) atoms. The van der Waals surface area contributed by atoms with Crippen LogP contribution in [0, 0.1) is 0 Å². The molecule has 0 saturated carbocycles. The van der Waals surface area contributed by atoms with E-state index in [1.807, 2.05) is 0 Å². The van der Waals surface area contributed by atoms with Crippen molar-refractivity contribution in [3.8, 4) is 0 Å². The summed E-state index contributed by atoms with van der Waals surface area (Å²) < 4.78 is 23.1. The topological polar surface area (TPSA) is 106 Å². The molecule has 1 aliphatic carbocycles. The van der Waals surface area contributed by atoms with Crippen LogP contribution in [0.25, 0.3) is 0 Å². The van der Waals surface area contributed by atoms with Crippen LogP contribution in [-0.2, 0) is 29.1 Å². The molecule has 3 rings (SSSR count). The highest BCUT2D eigenvalue weighted by Gasteiger charge is 2.19. The highest BCUT2D eigenvalue weighted by molar-refractivity contribution is 7.90. The fourth-order valence-electron chi connectivity index (χ4n) is 2.70. The summed E-state index contributed by atoms with van der Waals surface area (Å²) in [6.07, 6.45) is 6.51. The first-order valence-corrected chi connectivity index (χ1v) is 8.95. The molecule has 0 unspecified atom stereocenters. The monoisotopic (exact) mass is 320 g/mol. The number of hydrogen-bond donors (Lipinski definition) is 1. The van der Waals surface area contributed by atoms with Gasteiger partial charge in [0.15, 0.2) is 0 Å². The van der Waals surface area contributed by atoms with Crippen LogP contribution in [0.5, 0.6) is 0 Å². The average Bonchev–Trinajstić information content (AvgIpc) is 2.50. The molecule has 0 spiro atoms. The van der Waals surface area contributed by atoms with E-state index in [4.69, 9.17) is 0 Å². The number of nitrogens with one attached hydrogen (secondary N) is 1. The Kier molecular flexibility index (Phi) is 3.78. The molecule has 2 aromatic heterocycles. The SMILES string of the molecule is CS(=O)(=O)c1nccc(Cc2n[nH]c(=O)c3c2CCCC3)n1. The van der Waals surface area contributed by atoms with Crippen molar-refractivity contribution in [2.75, 3.05) is 6.26 Å². The fourth-order valence-corrected chi connectivity index (χ4v) is 3.23. The van der Waals surface area contributed by atoms with Gasteiger partial charge in [0.2, 0.25) is 15.0 Å². The number of nitrogens with zero attached hydrogens (tertiary/aromatic N) is 3. The molecule has 116 valence electrons. The Morgan fingerprint density at radius 1 is 1.23 bits per heavy atom. The average molecular weight is 320 g/mol. The number of H-pyrrole nitrogens is 1. The van der Waals surface area contributed by atoms with Crippen LogP contribution in [0.3, 0.4) is 0 Å². The minimum atomic E-state index is -3.44. The summed E-state index contributed by atoms with van der Waals surface area (Å²) in [4.78, 5) is 19.7. The van der Waals surface area contributed by atoms with Gasteiger partial charge >= 0.3 is 0 Å². The third kappa shape index (κ3) is 2.92. The minimum absolute atomic E-state index is 0.127. The Hall–Kier alpha value is -2.09. The predicted octanol–water partition coefficient (Wildman–Crippen LogP) is 0.433. The van der Waals surface area contributed by atoms with Gasteiger partial charge in [0.05, 0.1) is 11.4 Å². The van der Waals surface area contributed by atoms with Crippen LogP contribution in [0.15, 0.2) is 22.2 Å². The van der Waals surface area contributed by atoms with Crippen LogP contribution in [0.2, 0.25) is 0 Å². The van der Waals surface area contributed by atoms with Crippen molar-refractivity contribution >= 4 is 9.84 Å². The van der Waals surface area contributed by atoms with Crippen molar-refractivity contribution < 1.29 is 8.42 Å².